The highest BCUT2D eigenvalue weighted by molar-refractivity contribution is 9.10. The molecule has 0 aliphatic carbocycles. The molecule has 0 bridgehead atoms. The Hall–Kier alpha value is -3.03. The first-order valence-corrected chi connectivity index (χ1v) is 11.2. The smallest absolute Gasteiger partial charge is 0.170 e. The normalized spacial score (nSPS) is 18.2. The number of aromatic nitrogens is 3. The van der Waals surface area contributed by atoms with Gasteiger partial charge in [-0.2, -0.15) is 0 Å². The van der Waals surface area contributed by atoms with Gasteiger partial charge in [0.15, 0.2) is 5.11 Å². The van der Waals surface area contributed by atoms with Crippen molar-refractivity contribution in [1.29, 1.82) is 0 Å². The molecule has 7 heteroatoms. The van der Waals surface area contributed by atoms with Gasteiger partial charge in [-0.25, -0.2) is 0 Å². The second kappa shape index (κ2) is 8.61. The third-order valence-electron chi connectivity index (χ3n) is 5.47. The second-order valence-electron chi connectivity index (χ2n) is 7.39. The zero-order valence-corrected chi connectivity index (χ0v) is 19.0. The summed E-state index contributed by atoms with van der Waals surface area (Å²) in [5, 5.41) is 4.25. The van der Waals surface area contributed by atoms with Gasteiger partial charge < -0.3 is 14.8 Å². The highest BCUT2D eigenvalue weighted by Gasteiger charge is 2.41. The zero-order chi connectivity index (χ0) is 21.2. The minimum atomic E-state index is -0.0589. The summed E-state index contributed by atoms with van der Waals surface area (Å²) in [6.07, 6.45) is 7.56. The highest BCUT2D eigenvalue weighted by atomic mass is 79.9. The lowest BCUT2D eigenvalue weighted by Gasteiger charge is -2.29. The number of halogens is 1. The maximum Gasteiger partial charge on any atom is 0.170 e. The Balaban J connectivity index is 1.61. The van der Waals surface area contributed by atoms with Gasteiger partial charge in [0.05, 0.1) is 17.8 Å². The van der Waals surface area contributed by atoms with Gasteiger partial charge in [0, 0.05) is 47.2 Å². The fraction of sp³-hybridized carbons (Fsp3) is 0.125. The molecule has 0 amide bonds. The molecule has 4 aromatic rings. The third kappa shape index (κ3) is 3.98. The highest BCUT2D eigenvalue weighted by Crippen LogP contribution is 2.40. The van der Waals surface area contributed by atoms with Crippen LogP contribution in [0, 0.1) is 0 Å². The Morgan fingerprint density at radius 2 is 1.84 bits per heavy atom. The molecule has 2 atom stereocenters. The van der Waals surface area contributed by atoms with Gasteiger partial charge in [-0.3, -0.25) is 9.97 Å². The van der Waals surface area contributed by atoms with E-state index >= 15 is 0 Å². The van der Waals surface area contributed by atoms with E-state index in [0.29, 0.717) is 6.54 Å². The first-order valence-electron chi connectivity index (χ1n) is 10.0. The maximum atomic E-state index is 5.80. The van der Waals surface area contributed by atoms with E-state index < -0.39 is 0 Å². The van der Waals surface area contributed by atoms with Crippen molar-refractivity contribution in [2.24, 2.45) is 0 Å². The second-order valence-corrected chi connectivity index (χ2v) is 8.70. The number of hydrogen-bond donors (Lipinski definition) is 1. The minimum absolute atomic E-state index is 0.0236. The lowest BCUT2D eigenvalue weighted by Crippen LogP contribution is -2.30. The fourth-order valence-corrected chi connectivity index (χ4v) is 4.77. The van der Waals surface area contributed by atoms with Crippen LogP contribution >= 0.6 is 28.1 Å². The van der Waals surface area contributed by atoms with Crippen LogP contribution in [0.15, 0.2) is 96.0 Å². The molecule has 0 spiro atoms. The summed E-state index contributed by atoms with van der Waals surface area (Å²) < 4.78 is 3.26. The molecule has 31 heavy (non-hydrogen) atoms. The quantitative estimate of drug-likeness (QED) is 0.390. The van der Waals surface area contributed by atoms with E-state index in [2.05, 4.69) is 77.2 Å². The van der Waals surface area contributed by atoms with Gasteiger partial charge >= 0.3 is 0 Å². The Morgan fingerprint density at radius 3 is 2.61 bits per heavy atom. The molecule has 0 radical (unpaired) electrons. The molecule has 1 aliphatic rings. The van der Waals surface area contributed by atoms with Crippen molar-refractivity contribution in [3.8, 4) is 5.69 Å². The molecule has 1 saturated heterocycles. The van der Waals surface area contributed by atoms with Crippen molar-refractivity contribution in [2.45, 2.75) is 18.6 Å². The molecule has 4 heterocycles. The molecule has 1 N–H and O–H groups in total. The topological polar surface area (TPSA) is 46.0 Å². The van der Waals surface area contributed by atoms with E-state index in [1.54, 1.807) is 0 Å². The summed E-state index contributed by atoms with van der Waals surface area (Å²) in [5.41, 5.74) is 4.37. The summed E-state index contributed by atoms with van der Waals surface area (Å²) in [7, 11) is 0. The van der Waals surface area contributed by atoms with E-state index in [1.807, 2.05) is 55.0 Å². The van der Waals surface area contributed by atoms with Crippen LogP contribution in [0.4, 0.5) is 0 Å². The standard InChI is InChI=1S/C24H20BrN5S/c25-18-5-3-6-19(15-18)29-14-4-8-21(29)23-22(20-7-1-2-11-27-20)28-24(31)30(23)16-17-9-12-26-13-10-17/h1-15,22-23H,16H2,(H,28,31)/t22-,23-/m0/s1. The number of nitrogens with one attached hydrogen (secondary N) is 1. The summed E-state index contributed by atoms with van der Waals surface area (Å²) in [4.78, 5) is 11.0. The molecule has 3 aromatic heterocycles. The van der Waals surface area contributed by atoms with Crippen LogP contribution in [0.1, 0.15) is 29.0 Å². The summed E-state index contributed by atoms with van der Waals surface area (Å²) >= 11 is 9.40. The predicted octanol–water partition coefficient (Wildman–Crippen LogP) is 5.20. The van der Waals surface area contributed by atoms with Crippen molar-refractivity contribution in [3.05, 3.63) is 113 Å². The van der Waals surface area contributed by atoms with Crippen LogP contribution in [0.2, 0.25) is 0 Å². The molecule has 5 rings (SSSR count). The summed E-state index contributed by atoms with van der Waals surface area (Å²) in [6.45, 7) is 0.687. The average molecular weight is 490 g/mol. The fourth-order valence-electron chi connectivity index (χ4n) is 4.08. The van der Waals surface area contributed by atoms with E-state index in [-0.39, 0.29) is 12.1 Å². The van der Waals surface area contributed by atoms with Gasteiger partial charge in [-0.1, -0.05) is 28.1 Å². The molecule has 154 valence electrons. The van der Waals surface area contributed by atoms with Crippen LogP contribution in [0.25, 0.3) is 5.69 Å². The van der Waals surface area contributed by atoms with Crippen molar-refractivity contribution in [2.75, 3.05) is 0 Å². The van der Waals surface area contributed by atoms with E-state index in [4.69, 9.17) is 12.2 Å². The maximum absolute atomic E-state index is 5.80. The van der Waals surface area contributed by atoms with E-state index in [9.17, 15) is 0 Å². The largest absolute Gasteiger partial charge is 0.352 e. The summed E-state index contributed by atoms with van der Waals surface area (Å²) in [5.74, 6) is 0. The zero-order valence-electron chi connectivity index (χ0n) is 16.6. The first kappa shape index (κ1) is 19.9. The van der Waals surface area contributed by atoms with Crippen LogP contribution in [-0.4, -0.2) is 24.5 Å². The van der Waals surface area contributed by atoms with Crippen LogP contribution in [0.3, 0.4) is 0 Å². The monoisotopic (exact) mass is 489 g/mol. The van der Waals surface area contributed by atoms with Gasteiger partial charge in [-0.05, 0) is 72.4 Å². The molecule has 0 unspecified atom stereocenters. The third-order valence-corrected chi connectivity index (χ3v) is 6.32. The lowest BCUT2D eigenvalue weighted by molar-refractivity contribution is 0.302. The van der Waals surface area contributed by atoms with Crippen molar-refractivity contribution in [1.82, 2.24) is 24.8 Å². The molecule has 5 nitrogen and oxygen atoms in total. The van der Waals surface area contributed by atoms with Gasteiger partial charge in [-0.15, -0.1) is 0 Å². The number of nitrogens with zero attached hydrogens (tertiary/aromatic N) is 4. The number of benzene rings is 1. The Labute approximate surface area is 194 Å². The van der Waals surface area contributed by atoms with Crippen molar-refractivity contribution < 1.29 is 0 Å². The SMILES string of the molecule is S=C1N[C@@H](c2ccccn2)[C@H](c2cccn2-c2cccc(Br)c2)N1Cc1ccncc1. The predicted molar refractivity (Wildman–Crippen MR) is 129 cm³/mol. The van der Waals surface area contributed by atoms with Gasteiger partial charge in [0.25, 0.3) is 0 Å². The first-order chi connectivity index (χ1) is 15.2. The van der Waals surface area contributed by atoms with Gasteiger partial charge in [0.2, 0.25) is 0 Å². The van der Waals surface area contributed by atoms with E-state index in [1.165, 1.54) is 0 Å². The molecular weight excluding hydrogens is 470 g/mol. The van der Waals surface area contributed by atoms with Crippen molar-refractivity contribution in [3.63, 3.8) is 0 Å². The van der Waals surface area contributed by atoms with Gasteiger partial charge in [0.1, 0.15) is 0 Å². The molecule has 1 aliphatic heterocycles. The molecule has 1 aromatic carbocycles. The minimum Gasteiger partial charge on any atom is -0.352 e. The molecule has 0 saturated carbocycles. The Morgan fingerprint density at radius 1 is 0.968 bits per heavy atom. The van der Waals surface area contributed by atoms with Crippen LogP contribution in [-0.2, 0) is 6.54 Å². The Kier molecular flexibility index (Phi) is 5.53. The van der Waals surface area contributed by atoms with Crippen molar-refractivity contribution >= 4 is 33.3 Å². The van der Waals surface area contributed by atoms with E-state index in [0.717, 1.165) is 32.2 Å². The molecule has 1 fully saturated rings. The van der Waals surface area contributed by atoms with Crippen LogP contribution < -0.4 is 5.32 Å². The van der Waals surface area contributed by atoms with Crippen LogP contribution in [0.5, 0.6) is 0 Å². The number of rotatable bonds is 5. The lowest BCUT2D eigenvalue weighted by atomic mass is 10.0. The average Bonchev–Trinajstić information content (AvgIpc) is 3.40. The number of pyridine rings is 2. The Bertz CT molecular complexity index is 1190. The number of thiocarbonyl (C=S) groups is 1. The summed E-state index contributed by atoms with van der Waals surface area (Å²) in [6, 6.07) is 22.5. The molecular formula is C24H20BrN5S. The number of hydrogen-bond acceptors (Lipinski definition) is 3.